The largest absolute Gasteiger partial charge is 0.481 e. The van der Waals surface area contributed by atoms with Gasteiger partial charge in [-0.1, -0.05) is 54.6 Å². The summed E-state index contributed by atoms with van der Waals surface area (Å²) in [4.78, 5) is 11.5. The van der Waals surface area contributed by atoms with Gasteiger partial charge in [-0.05, 0) is 24.1 Å². The molecule has 7 heteroatoms. The van der Waals surface area contributed by atoms with E-state index in [1.807, 2.05) is 30.3 Å². The third-order valence-electron chi connectivity index (χ3n) is 4.25. The van der Waals surface area contributed by atoms with Crippen LogP contribution in [0.4, 0.5) is 0 Å². The standard InChI is InChI=1S/C21H21NO5S/c1-26-21(23)15-27-19-11-5-10-18-17(19)9-6-12-20(18)28(24,25)22-14-13-16-7-3-2-4-8-16/h2-12,22H,13-15H2,1H3. The molecule has 1 N–H and O–H groups in total. The minimum atomic E-state index is -3.71. The summed E-state index contributed by atoms with van der Waals surface area (Å²) in [5.41, 5.74) is 1.06. The summed E-state index contributed by atoms with van der Waals surface area (Å²) in [5.74, 6) is -0.0902. The Morgan fingerprint density at radius 2 is 1.64 bits per heavy atom. The second kappa shape index (κ2) is 8.86. The van der Waals surface area contributed by atoms with Crippen LogP contribution < -0.4 is 9.46 Å². The maximum absolute atomic E-state index is 12.8. The van der Waals surface area contributed by atoms with Gasteiger partial charge in [0, 0.05) is 17.3 Å². The van der Waals surface area contributed by atoms with Gasteiger partial charge >= 0.3 is 5.97 Å². The Labute approximate surface area is 164 Å². The lowest BCUT2D eigenvalue weighted by Gasteiger charge is -2.12. The number of hydrogen-bond acceptors (Lipinski definition) is 5. The molecule has 0 unspecified atom stereocenters. The lowest BCUT2D eigenvalue weighted by molar-refractivity contribution is -0.142. The number of rotatable bonds is 8. The molecule has 0 aliphatic heterocycles. The molecule has 3 aromatic carbocycles. The average Bonchev–Trinajstić information content (AvgIpc) is 2.72. The SMILES string of the molecule is COC(=O)COc1cccc2c(S(=O)(=O)NCCc3ccccc3)cccc12. The monoisotopic (exact) mass is 399 g/mol. The van der Waals surface area contributed by atoms with Gasteiger partial charge in [0.25, 0.3) is 0 Å². The summed E-state index contributed by atoms with van der Waals surface area (Å²) in [6.45, 7) is 0.0448. The highest BCUT2D eigenvalue weighted by molar-refractivity contribution is 7.89. The fraction of sp³-hybridized carbons (Fsp3) is 0.190. The maximum atomic E-state index is 12.8. The Morgan fingerprint density at radius 3 is 2.39 bits per heavy atom. The van der Waals surface area contributed by atoms with Crippen molar-refractivity contribution in [2.24, 2.45) is 0 Å². The number of nitrogens with one attached hydrogen (secondary N) is 1. The van der Waals surface area contributed by atoms with E-state index in [0.29, 0.717) is 29.5 Å². The zero-order valence-corrected chi connectivity index (χ0v) is 16.2. The van der Waals surface area contributed by atoms with E-state index in [-0.39, 0.29) is 11.5 Å². The molecule has 3 aromatic rings. The molecule has 0 atom stereocenters. The fourth-order valence-corrected chi connectivity index (χ4v) is 4.11. The van der Waals surface area contributed by atoms with Crippen LogP contribution in [-0.2, 0) is 26.0 Å². The third-order valence-corrected chi connectivity index (χ3v) is 5.77. The number of carbonyl (C=O) groups is 1. The molecule has 28 heavy (non-hydrogen) atoms. The van der Waals surface area contributed by atoms with Gasteiger partial charge in [-0.15, -0.1) is 0 Å². The van der Waals surface area contributed by atoms with E-state index in [9.17, 15) is 13.2 Å². The van der Waals surface area contributed by atoms with Crippen molar-refractivity contribution in [2.75, 3.05) is 20.3 Å². The predicted molar refractivity (Wildman–Crippen MR) is 107 cm³/mol. The van der Waals surface area contributed by atoms with Gasteiger partial charge in [0.2, 0.25) is 10.0 Å². The maximum Gasteiger partial charge on any atom is 0.343 e. The van der Waals surface area contributed by atoms with Crippen LogP contribution in [0.1, 0.15) is 5.56 Å². The smallest absolute Gasteiger partial charge is 0.343 e. The third kappa shape index (κ3) is 4.68. The average molecular weight is 399 g/mol. The van der Waals surface area contributed by atoms with Gasteiger partial charge in [-0.3, -0.25) is 0 Å². The van der Waals surface area contributed by atoms with Crippen LogP contribution in [-0.4, -0.2) is 34.6 Å². The highest BCUT2D eigenvalue weighted by Gasteiger charge is 2.18. The van der Waals surface area contributed by atoms with Gasteiger partial charge in [0.1, 0.15) is 5.75 Å². The number of sulfonamides is 1. The van der Waals surface area contributed by atoms with Crippen LogP contribution in [0, 0.1) is 0 Å². The van der Waals surface area contributed by atoms with Gasteiger partial charge in [0.05, 0.1) is 12.0 Å². The van der Waals surface area contributed by atoms with Crippen LogP contribution in [0.3, 0.4) is 0 Å². The van der Waals surface area contributed by atoms with Gasteiger partial charge in [-0.2, -0.15) is 0 Å². The van der Waals surface area contributed by atoms with Crippen molar-refractivity contribution in [3.05, 3.63) is 72.3 Å². The summed E-state index contributed by atoms with van der Waals surface area (Å²) >= 11 is 0. The Balaban J connectivity index is 1.82. The molecule has 6 nitrogen and oxygen atoms in total. The lowest BCUT2D eigenvalue weighted by Crippen LogP contribution is -2.26. The van der Waals surface area contributed by atoms with Crippen LogP contribution in [0.5, 0.6) is 5.75 Å². The number of benzene rings is 3. The van der Waals surface area contributed by atoms with Crippen LogP contribution >= 0.6 is 0 Å². The van der Waals surface area contributed by atoms with Crippen molar-refractivity contribution in [3.8, 4) is 5.75 Å². The molecule has 146 valence electrons. The normalized spacial score (nSPS) is 11.3. The molecule has 0 aromatic heterocycles. The van der Waals surface area contributed by atoms with Crippen molar-refractivity contribution in [1.29, 1.82) is 0 Å². The molecule has 0 saturated heterocycles. The summed E-state index contributed by atoms with van der Waals surface area (Å²) in [6.07, 6.45) is 0.596. The van der Waals surface area contributed by atoms with E-state index >= 15 is 0 Å². The van der Waals surface area contributed by atoms with E-state index in [4.69, 9.17) is 4.74 Å². The van der Waals surface area contributed by atoms with Crippen molar-refractivity contribution >= 4 is 26.8 Å². The Bertz CT molecular complexity index is 1060. The molecule has 0 amide bonds. The van der Waals surface area contributed by atoms with Gasteiger partial charge < -0.3 is 9.47 Å². The van der Waals surface area contributed by atoms with Crippen molar-refractivity contribution in [2.45, 2.75) is 11.3 Å². The van der Waals surface area contributed by atoms with E-state index < -0.39 is 16.0 Å². The zero-order chi connectivity index (χ0) is 20.0. The molecule has 0 aliphatic carbocycles. The number of esters is 1. The summed E-state index contributed by atoms with van der Waals surface area (Å²) in [7, 11) is -2.43. The van der Waals surface area contributed by atoms with E-state index in [0.717, 1.165) is 5.56 Å². The first-order chi connectivity index (χ1) is 13.5. The molecule has 0 heterocycles. The fourth-order valence-electron chi connectivity index (χ4n) is 2.86. The van der Waals surface area contributed by atoms with Gasteiger partial charge in [-0.25, -0.2) is 17.9 Å². The zero-order valence-electron chi connectivity index (χ0n) is 15.4. The number of methoxy groups -OCH3 is 1. The van der Waals surface area contributed by atoms with Crippen molar-refractivity contribution in [1.82, 2.24) is 4.72 Å². The minimum Gasteiger partial charge on any atom is -0.481 e. The topological polar surface area (TPSA) is 81.7 Å². The molecule has 0 bridgehead atoms. The Hall–Kier alpha value is -2.90. The van der Waals surface area contributed by atoms with Crippen LogP contribution in [0.2, 0.25) is 0 Å². The Morgan fingerprint density at radius 1 is 0.929 bits per heavy atom. The molecular weight excluding hydrogens is 378 g/mol. The van der Waals surface area contributed by atoms with Gasteiger partial charge in [0.15, 0.2) is 6.61 Å². The first-order valence-electron chi connectivity index (χ1n) is 8.76. The molecule has 0 radical (unpaired) electrons. The van der Waals surface area contributed by atoms with E-state index in [1.54, 1.807) is 36.4 Å². The summed E-state index contributed by atoms with van der Waals surface area (Å²) in [6, 6.07) is 19.7. The molecule has 3 rings (SSSR count). The first-order valence-corrected chi connectivity index (χ1v) is 10.2. The number of ether oxygens (including phenoxy) is 2. The molecule has 0 aliphatic rings. The quantitative estimate of drug-likeness (QED) is 0.589. The summed E-state index contributed by atoms with van der Waals surface area (Å²) in [5, 5.41) is 1.13. The second-order valence-electron chi connectivity index (χ2n) is 6.11. The van der Waals surface area contributed by atoms with E-state index in [2.05, 4.69) is 9.46 Å². The molecule has 0 spiro atoms. The number of carbonyl (C=O) groups excluding carboxylic acids is 1. The predicted octanol–water partition coefficient (Wildman–Crippen LogP) is 2.91. The first kappa shape index (κ1) is 19.9. The lowest BCUT2D eigenvalue weighted by atomic mass is 10.1. The van der Waals surface area contributed by atoms with Crippen molar-refractivity contribution in [3.63, 3.8) is 0 Å². The molecular formula is C21H21NO5S. The number of hydrogen-bond donors (Lipinski definition) is 1. The molecule has 0 saturated carbocycles. The van der Waals surface area contributed by atoms with Crippen LogP contribution in [0.25, 0.3) is 10.8 Å². The second-order valence-corrected chi connectivity index (χ2v) is 7.84. The van der Waals surface area contributed by atoms with E-state index in [1.165, 1.54) is 7.11 Å². The van der Waals surface area contributed by atoms with Crippen LogP contribution in [0.15, 0.2) is 71.6 Å². The number of fused-ring (bicyclic) bond motifs is 1. The minimum absolute atomic E-state index is 0.168. The highest BCUT2D eigenvalue weighted by atomic mass is 32.2. The Kier molecular flexibility index (Phi) is 6.28. The summed E-state index contributed by atoms with van der Waals surface area (Å²) < 4.78 is 38.4. The molecule has 0 fully saturated rings. The van der Waals surface area contributed by atoms with Crippen molar-refractivity contribution < 1.29 is 22.7 Å². The highest BCUT2D eigenvalue weighted by Crippen LogP contribution is 2.30.